The van der Waals surface area contributed by atoms with Crippen molar-refractivity contribution in [1.82, 2.24) is 0 Å². The van der Waals surface area contributed by atoms with Crippen molar-refractivity contribution in [3.05, 3.63) is 29.3 Å². The second kappa shape index (κ2) is 5.29. The van der Waals surface area contributed by atoms with Gasteiger partial charge in [-0.2, -0.15) is 0 Å². The number of aryl methyl sites for hydroxylation is 1. The van der Waals surface area contributed by atoms with Gasteiger partial charge in [-0.15, -0.1) is 0 Å². The van der Waals surface area contributed by atoms with Crippen LogP contribution in [0.25, 0.3) is 0 Å². The molecule has 2 heterocycles. The van der Waals surface area contributed by atoms with Crippen LogP contribution in [-0.2, 0) is 17.6 Å². The van der Waals surface area contributed by atoms with Gasteiger partial charge in [0.25, 0.3) is 0 Å². The molecule has 0 radical (unpaired) electrons. The SMILES string of the molecule is OC(CCc1ccc2c(c1)CCO2)C1CCOC1. The van der Waals surface area contributed by atoms with Crippen molar-refractivity contribution in [3.63, 3.8) is 0 Å². The van der Waals surface area contributed by atoms with Crippen LogP contribution < -0.4 is 4.74 Å². The predicted octanol–water partition coefficient (Wildman–Crippen LogP) is 1.95. The third-order valence-corrected chi connectivity index (χ3v) is 3.99. The molecule has 2 atom stereocenters. The topological polar surface area (TPSA) is 38.7 Å². The Kier molecular flexibility index (Phi) is 3.52. The highest BCUT2D eigenvalue weighted by Gasteiger charge is 2.23. The molecule has 0 aliphatic carbocycles. The van der Waals surface area contributed by atoms with Crippen LogP contribution in [0.4, 0.5) is 0 Å². The molecule has 2 aliphatic heterocycles. The van der Waals surface area contributed by atoms with E-state index in [4.69, 9.17) is 9.47 Å². The molecule has 2 unspecified atom stereocenters. The molecule has 1 fully saturated rings. The molecular weight excluding hydrogens is 228 g/mol. The third kappa shape index (κ3) is 2.52. The van der Waals surface area contributed by atoms with E-state index in [1.54, 1.807) is 0 Å². The number of rotatable bonds is 4. The molecule has 3 heteroatoms. The first kappa shape index (κ1) is 12.0. The quantitative estimate of drug-likeness (QED) is 0.885. The van der Waals surface area contributed by atoms with Crippen molar-refractivity contribution in [2.45, 2.75) is 31.8 Å². The van der Waals surface area contributed by atoms with E-state index < -0.39 is 0 Å². The number of fused-ring (bicyclic) bond motifs is 1. The first-order valence-corrected chi connectivity index (χ1v) is 6.83. The Balaban J connectivity index is 1.56. The van der Waals surface area contributed by atoms with Crippen LogP contribution in [0, 0.1) is 5.92 Å². The van der Waals surface area contributed by atoms with Gasteiger partial charge in [-0.25, -0.2) is 0 Å². The Bertz CT molecular complexity index is 410. The maximum atomic E-state index is 10.1. The first-order valence-electron chi connectivity index (χ1n) is 6.83. The van der Waals surface area contributed by atoms with E-state index in [1.165, 1.54) is 11.1 Å². The number of aliphatic hydroxyl groups excluding tert-OH is 1. The Hall–Kier alpha value is -1.06. The summed E-state index contributed by atoms with van der Waals surface area (Å²) in [5, 5.41) is 10.1. The van der Waals surface area contributed by atoms with Gasteiger partial charge in [0.2, 0.25) is 0 Å². The van der Waals surface area contributed by atoms with Crippen LogP contribution in [0.15, 0.2) is 18.2 Å². The Morgan fingerprint density at radius 3 is 3.11 bits per heavy atom. The highest BCUT2D eigenvalue weighted by atomic mass is 16.5. The summed E-state index contributed by atoms with van der Waals surface area (Å²) < 4.78 is 10.8. The molecule has 3 rings (SSSR count). The number of hydrogen-bond donors (Lipinski definition) is 1. The van der Waals surface area contributed by atoms with Gasteiger partial charge in [0, 0.05) is 18.9 Å². The fraction of sp³-hybridized carbons (Fsp3) is 0.600. The minimum Gasteiger partial charge on any atom is -0.493 e. The average Bonchev–Trinajstić information content (AvgIpc) is 3.05. The Labute approximate surface area is 108 Å². The first-order chi connectivity index (χ1) is 8.83. The fourth-order valence-corrected chi connectivity index (χ4v) is 2.80. The lowest BCUT2D eigenvalue weighted by atomic mass is 9.95. The van der Waals surface area contributed by atoms with Crippen molar-refractivity contribution in [1.29, 1.82) is 0 Å². The highest BCUT2D eigenvalue weighted by molar-refractivity contribution is 5.39. The lowest BCUT2D eigenvalue weighted by Crippen LogP contribution is -2.21. The van der Waals surface area contributed by atoms with Crippen LogP contribution in [0.2, 0.25) is 0 Å². The monoisotopic (exact) mass is 248 g/mol. The van der Waals surface area contributed by atoms with Gasteiger partial charge in [0.15, 0.2) is 0 Å². The molecular formula is C15H20O3. The van der Waals surface area contributed by atoms with Gasteiger partial charge in [-0.05, 0) is 36.5 Å². The normalized spacial score (nSPS) is 23.7. The molecule has 18 heavy (non-hydrogen) atoms. The number of hydrogen-bond acceptors (Lipinski definition) is 3. The number of benzene rings is 1. The molecule has 0 amide bonds. The molecule has 0 spiro atoms. The summed E-state index contributed by atoms with van der Waals surface area (Å²) in [7, 11) is 0. The second-order valence-electron chi connectivity index (χ2n) is 5.27. The molecule has 1 aromatic carbocycles. The van der Waals surface area contributed by atoms with Crippen molar-refractivity contribution >= 4 is 0 Å². The summed E-state index contributed by atoms with van der Waals surface area (Å²) in [4.78, 5) is 0. The lowest BCUT2D eigenvalue weighted by Gasteiger charge is -2.16. The van der Waals surface area contributed by atoms with Crippen molar-refractivity contribution in [2.75, 3.05) is 19.8 Å². The molecule has 3 nitrogen and oxygen atoms in total. The average molecular weight is 248 g/mol. The minimum atomic E-state index is -0.225. The van der Waals surface area contributed by atoms with Gasteiger partial charge in [-0.3, -0.25) is 0 Å². The molecule has 0 bridgehead atoms. The zero-order valence-electron chi connectivity index (χ0n) is 10.6. The summed E-state index contributed by atoms with van der Waals surface area (Å²) in [5.41, 5.74) is 2.61. The van der Waals surface area contributed by atoms with Gasteiger partial charge < -0.3 is 14.6 Å². The van der Waals surface area contributed by atoms with Crippen LogP contribution in [-0.4, -0.2) is 31.0 Å². The maximum absolute atomic E-state index is 10.1. The second-order valence-corrected chi connectivity index (χ2v) is 5.27. The van der Waals surface area contributed by atoms with Gasteiger partial charge in [0.1, 0.15) is 5.75 Å². The minimum absolute atomic E-state index is 0.225. The largest absolute Gasteiger partial charge is 0.493 e. The summed E-state index contributed by atoms with van der Waals surface area (Å²) in [6.45, 7) is 2.33. The smallest absolute Gasteiger partial charge is 0.122 e. The third-order valence-electron chi connectivity index (χ3n) is 3.99. The fourth-order valence-electron chi connectivity index (χ4n) is 2.80. The molecule has 98 valence electrons. The Morgan fingerprint density at radius 1 is 1.33 bits per heavy atom. The maximum Gasteiger partial charge on any atom is 0.122 e. The summed E-state index contributed by atoms with van der Waals surface area (Å²) in [5.74, 6) is 1.37. The van der Waals surface area contributed by atoms with Crippen molar-refractivity contribution in [3.8, 4) is 5.75 Å². The molecule has 0 saturated carbocycles. The number of ether oxygens (including phenoxy) is 2. The molecule has 2 aliphatic rings. The molecule has 1 saturated heterocycles. The lowest BCUT2D eigenvalue weighted by molar-refractivity contribution is 0.0850. The van der Waals surface area contributed by atoms with E-state index >= 15 is 0 Å². The highest BCUT2D eigenvalue weighted by Crippen LogP contribution is 2.27. The van der Waals surface area contributed by atoms with Crippen molar-refractivity contribution in [2.24, 2.45) is 5.92 Å². The standard InChI is InChI=1S/C15H20O3/c16-14(13-5-7-17-10-13)3-1-11-2-4-15-12(9-11)6-8-18-15/h2,4,9,13-14,16H,1,3,5-8,10H2. The van der Waals surface area contributed by atoms with E-state index in [-0.39, 0.29) is 6.10 Å². The summed E-state index contributed by atoms with van der Waals surface area (Å²) in [6.07, 6.45) is 3.55. The zero-order valence-corrected chi connectivity index (χ0v) is 10.6. The van der Waals surface area contributed by atoms with E-state index in [2.05, 4.69) is 18.2 Å². The molecule has 0 aromatic heterocycles. The Morgan fingerprint density at radius 2 is 2.28 bits per heavy atom. The van der Waals surface area contributed by atoms with Gasteiger partial charge in [0.05, 0.1) is 19.3 Å². The van der Waals surface area contributed by atoms with Gasteiger partial charge in [-0.1, -0.05) is 12.1 Å². The van der Waals surface area contributed by atoms with Crippen LogP contribution >= 0.6 is 0 Å². The zero-order chi connectivity index (χ0) is 12.4. The summed E-state index contributed by atoms with van der Waals surface area (Å²) in [6, 6.07) is 6.39. The van der Waals surface area contributed by atoms with Crippen molar-refractivity contribution < 1.29 is 14.6 Å². The van der Waals surface area contributed by atoms with Crippen LogP contribution in [0.3, 0.4) is 0 Å². The van der Waals surface area contributed by atoms with E-state index in [9.17, 15) is 5.11 Å². The summed E-state index contributed by atoms with van der Waals surface area (Å²) >= 11 is 0. The number of aliphatic hydroxyl groups is 1. The van der Waals surface area contributed by atoms with Crippen LogP contribution in [0.1, 0.15) is 24.0 Å². The van der Waals surface area contributed by atoms with E-state index in [1.807, 2.05) is 0 Å². The van der Waals surface area contributed by atoms with Crippen LogP contribution in [0.5, 0.6) is 5.75 Å². The van der Waals surface area contributed by atoms with E-state index in [0.717, 1.165) is 51.3 Å². The molecule has 1 aromatic rings. The molecule has 1 N–H and O–H groups in total. The van der Waals surface area contributed by atoms with E-state index in [0.29, 0.717) is 5.92 Å². The van der Waals surface area contributed by atoms with Gasteiger partial charge >= 0.3 is 0 Å². The predicted molar refractivity (Wildman–Crippen MR) is 68.9 cm³/mol.